The molecule has 0 aromatic carbocycles. The van der Waals surface area contributed by atoms with Gasteiger partial charge in [0.25, 0.3) is 0 Å². The Bertz CT molecular complexity index is 1300. The number of hydrogen-bond donors (Lipinski definition) is 2. The summed E-state index contributed by atoms with van der Waals surface area (Å²) in [5.41, 5.74) is 0.927. The van der Waals surface area contributed by atoms with Crippen molar-refractivity contribution in [3.8, 4) is 16.5 Å². The van der Waals surface area contributed by atoms with Crippen molar-refractivity contribution in [3.63, 3.8) is 0 Å². The predicted molar refractivity (Wildman–Crippen MR) is 143 cm³/mol. The standard InChI is InChI=1S/C26H29N7O4S/c1-17(34)33-12-3-4-20(33)25(35)32-13-9-18(14-32)15-37-23-6-2-5-21(28-23)30-26(36)31-22-16-38-24(29-22)19-7-10-27-11-8-19/h2,5-8,10-11,16,18,20H,3-4,9,12-15H2,1H3,(H2,28,30,31,36)/t18?,20-/m0/s1. The van der Waals surface area contributed by atoms with Gasteiger partial charge in [-0.25, -0.2) is 9.78 Å². The number of anilines is 2. The minimum atomic E-state index is -0.460. The van der Waals surface area contributed by atoms with Crippen LogP contribution in [0.25, 0.3) is 10.6 Å². The maximum atomic E-state index is 13.0. The van der Waals surface area contributed by atoms with Crippen LogP contribution in [0, 0.1) is 5.92 Å². The molecule has 2 atom stereocenters. The van der Waals surface area contributed by atoms with E-state index >= 15 is 0 Å². The van der Waals surface area contributed by atoms with Gasteiger partial charge in [0.15, 0.2) is 0 Å². The molecule has 2 aliphatic heterocycles. The van der Waals surface area contributed by atoms with Crippen LogP contribution < -0.4 is 15.4 Å². The van der Waals surface area contributed by atoms with Crippen LogP contribution in [0.2, 0.25) is 0 Å². The number of carbonyl (C=O) groups is 3. The van der Waals surface area contributed by atoms with E-state index in [1.807, 2.05) is 17.0 Å². The van der Waals surface area contributed by atoms with E-state index in [1.165, 1.54) is 18.3 Å². The Morgan fingerprint density at radius 2 is 1.87 bits per heavy atom. The van der Waals surface area contributed by atoms with Crippen LogP contribution in [0.5, 0.6) is 5.88 Å². The number of nitrogens with zero attached hydrogens (tertiary/aromatic N) is 5. The minimum absolute atomic E-state index is 0.0311. The Balaban J connectivity index is 1.10. The van der Waals surface area contributed by atoms with Crippen LogP contribution >= 0.6 is 11.3 Å². The second-order valence-electron chi connectivity index (χ2n) is 9.33. The van der Waals surface area contributed by atoms with Crippen LogP contribution in [0.15, 0.2) is 48.1 Å². The monoisotopic (exact) mass is 535 g/mol. The molecule has 3 aromatic heterocycles. The summed E-state index contributed by atoms with van der Waals surface area (Å²) in [6, 6.07) is 8.07. The Morgan fingerprint density at radius 1 is 1.05 bits per heavy atom. The molecule has 2 aliphatic rings. The first-order valence-electron chi connectivity index (χ1n) is 12.6. The van der Waals surface area contributed by atoms with E-state index in [0.29, 0.717) is 43.8 Å². The number of amides is 4. The SMILES string of the molecule is CC(=O)N1CCC[C@H]1C(=O)N1CCC(COc2cccc(NC(=O)Nc3csc(-c4ccncc4)n3)n2)C1. The number of carbonyl (C=O) groups excluding carboxylic acids is 3. The Kier molecular flexibility index (Phi) is 7.78. The Morgan fingerprint density at radius 3 is 2.68 bits per heavy atom. The molecule has 2 saturated heterocycles. The molecule has 3 aromatic rings. The van der Waals surface area contributed by atoms with E-state index in [2.05, 4.69) is 25.6 Å². The third-order valence-corrected chi connectivity index (χ3v) is 7.54. The quantitative estimate of drug-likeness (QED) is 0.474. The normalized spacial score (nSPS) is 18.9. The summed E-state index contributed by atoms with van der Waals surface area (Å²) < 4.78 is 5.89. The molecular weight excluding hydrogens is 506 g/mol. The van der Waals surface area contributed by atoms with Crippen LogP contribution in [0.1, 0.15) is 26.2 Å². The zero-order valence-electron chi connectivity index (χ0n) is 21.0. The number of thiazole rings is 1. The fourth-order valence-electron chi connectivity index (χ4n) is 4.77. The van der Waals surface area contributed by atoms with Crippen molar-refractivity contribution in [2.45, 2.75) is 32.2 Å². The summed E-state index contributed by atoms with van der Waals surface area (Å²) in [5.74, 6) is 1.33. The number of urea groups is 1. The van der Waals surface area contributed by atoms with Crippen molar-refractivity contribution in [1.82, 2.24) is 24.8 Å². The van der Waals surface area contributed by atoms with Crippen LogP contribution in [0.4, 0.5) is 16.4 Å². The topological polar surface area (TPSA) is 130 Å². The summed E-state index contributed by atoms with van der Waals surface area (Å²) in [6.07, 6.45) is 5.80. The minimum Gasteiger partial charge on any atom is -0.477 e. The molecule has 0 bridgehead atoms. The molecule has 0 radical (unpaired) electrons. The highest BCUT2D eigenvalue weighted by Gasteiger charge is 2.37. The summed E-state index contributed by atoms with van der Waals surface area (Å²) in [7, 11) is 0. The zero-order chi connectivity index (χ0) is 26.5. The molecule has 5 rings (SSSR count). The maximum absolute atomic E-state index is 13.0. The summed E-state index contributed by atoms with van der Waals surface area (Å²) in [5, 5.41) is 7.97. The molecule has 198 valence electrons. The first-order valence-corrected chi connectivity index (χ1v) is 13.4. The van der Waals surface area contributed by atoms with E-state index < -0.39 is 6.03 Å². The van der Waals surface area contributed by atoms with Crippen LogP contribution in [-0.2, 0) is 9.59 Å². The van der Waals surface area contributed by atoms with Gasteiger partial charge in [-0.1, -0.05) is 6.07 Å². The van der Waals surface area contributed by atoms with Crippen molar-refractivity contribution in [1.29, 1.82) is 0 Å². The highest BCUT2D eigenvalue weighted by Crippen LogP contribution is 2.26. The van der Waals surface area contributed by atoms with Gasteiger partial charge in [0.2, 0.25) is 17.7 Å². The highest BCUT2D eigenvalue weighted by molar-refractivity contribution is 7.13. The third-order valence-electron chi connectivity index (χ3n) is 6.64. The van der Waals surface area contributed by atoms with E-state index in [0.717, 1.165) is 29.8 Å². The number of pyridine rings is 2. The van der Waals surface area contributed by atoms with Crippen molar-refractivity contribution in [3.05, 3.63) is 48.1 Å². The molecule has 0 aliphatic carbocycles. The molecule has 38 heavy (non-hydrogen) atoms. The largest absolute Gasteiger partial charge is 0.477 e. The summed E-state index contributed by atoms with van der Waals surface area (Å²) in [4.78, 5) is 53.6. The average Bonchev–Trinajstić information content (AvgIpc) is 3.69. The lowest BCUT2D eigenvalue weighted by molar-refractivity contribution is -0.142. The lowest BCUT2D eigenvalue weighted by Gasteiger charge is -2.27. The molecule has 2 fully saturated rings. The lowest BCUT2D eigenvalue weighted by Crippen LogP contribution is -2.46. The lowest BCUT2D eigenvalue weighted by atomic mass is 10.1. The summed E-state index contributed by atoms with van der Waals surface area (Å²) >= 11 is 1.42. The smallest absolute Gasteiger partial charge is 0.326 e. The molecule has 4 amide bonds. The third kappa shape index (κ3) is 6.08. The molecule has 2 N–H and O–H groups in total. The molecule has 0 spiro atoms. The zero-order valence-corrected chi connectivity index (χ0v) is 21.8. The fraction of sp³-hybridized carbons (Fsp3) is 0.385. The first-order chi connectivity index (χ1) is 18.5. The number of ether oxygens (including phenoxy) is 1. The average molecular weight is 536 g/mol. The molecular formula is C26H29N7O4S. The molecule has 5 heterocycles. The number of aromatic nitrogens is 3. The molecule has 12 heteroatoms. The van der Waals surface area contributed by atoms with Gasteiger partial charge in [0.1, 0.15) is 22.7 Å². The van der Waals surface area contributed by atoms with Crippen molar-refractivity contribution in [2.75, 3.05) is 36.9 Å². The van der Waals surface area contributed by atoms with Crippen LogP contribution in [-0.4, -0.2) is 74.9 Å². The van der Waals surface area contributed by atoms with Crippen molar-refractivity contribution >= 4 is 40.8 Å². The van der Waals surface area contributed by atoms with Gasteiger partial charge in [0, 0.05) is 61.9 Å². The van der Waals surface area contributed by atoms with Gasteiger partial charge in [-0.3, -0.25) is 25.2 Å². The van der Waals surface area contributed by atoms with E-state index in [4.69, 9.17) is 4.74 Å². The van der Waals surface area contributed by atoms with Gasteiger partial charge in [-0.15, -0.1) is 11.3 Å². The maximum Gasteiger partial charge on any atom is 0.326 e. The highest BCUT2D eigenvalue weighted by atomic mass is 32.1. The summed E-state index contributed by atoms with van der Waals surface area (Å²) in [6.45, 7) is 3.83. The number of hydrogen-bond acceptors (Lipinski definition) is 8. The molecule has 1 unspecified atom stereocenters. The first kappa shape index (κ1) is 25.6. The number of likely N-dealkylation sites (tertiary alicyclic amines) is 2. The molecule has 11 nitrogen and oxygen atoms in total. The Labute approximate surface area is 224 Å². The van der Waals surface area contributed by atoms with E-state index in [1.54, 1.807) is 40.9 Å². The fourth-order valence-corrected chi connectivity index (χ4v) is 5.53. The molecule has 0 saturated carbocycles. The second-order valence-corrected chi connectivity index (χ2v) is 10.2. The Hall–Kier alpha value is -4.06. The number of rotatable bonds is 7. The predicted octanol–water partition coefficient (Wildman–Crippen LogP) is 3.48. The van der Waals surface area contributed by atoms with Crippen molar-refractivity contribution < 1.29 is 19.1 Å². The number of nitrogens with one attached hydrogen (secondary N) is 2. The van der Waals surface area contributed by atoms with Crippen LogP contribution in [0.3, 0.4) is 0 Å². The van der Waals surface area contributed by atoms with Gasteiger partial charge in [-0.2, -0.15) is 4.98 Å². The van der Waals surface area contributed by atoms with Gasteiger partial charge < -0.3 is 14.5 Å². The van der Waals surface area contributed by atoms with Gasteiger partial charge in [0.05, 0.1) is 6.61 Å². The second kappa shape index (κ2) is 11.5. The van der Waals surface area contributed by atoms with Gasteiger partial charge in [-0.05, 0) is 37.5 Å². The van der Waals surface area contributed by atoms with Gasteiger partial charge >= 0.3 is 6.03 Å². The van der Waals surface area contributed by atoms with E-state index in [-0.39, 0.29) is 23.8 Å². The van der Waals surface area contributed by atoms with E-state index in [9.17, 15) is 14.4 Å². The van der Waals surface area contributed by atoms with Crippen molar-refractivity contribution in [2.24, 2.45) is 5.92 Å².